The minimum atomic E-state index is -4.18. The number of anilines is 1. The molecule has 0 heterocycles. The Labute approximate surface area is 273 Å². The van der Waals surface area contributed by atoms with E-state index in [0.29, 0.717) is 23.6 Å². The van der Waals surface area contributed by atoms with E-state index in [0.717, 1.165) is 27.4 Å². The summed E-state index contributed by atoms with van der Waals surface area (Å²) in [6.45, 7) is 9.24. The summed E-state index contributed by atoms with van der Waals surface area (Å²) in [5, 5.41) is 3.00. The van der Waals surface area contributed by atoms with Gasteiger partial charge in [-0.2, -0.15) is 0 Å². The third-order valence-corrected chi connectivity index (χ3v) is 9.64. The Bertz CT molecular complexity index is 1690. The van der Waals surface area contributed by atoms with Gasteiger partial charge in [0.1, 0.15) is 24.1 Å². The molecule has 0 saturated heterocycles. The number of nitrogens with zero attached hydrogens (tertiary/aromatic N) is 2. The zero-order chi connectivity index (χ0) is 33.3. The van der Waals surface area contributed by atoms with E-state index >= 15 is 0 Å². The third kappa shape index (κ3) is 8.75. The van der Waals surface area contributed by atoms with Gasteiger partial charge in [-0.15, -0.1) is 0 Å². The minimum Gasteiger partial charge on any atom is -0.457 e. The first-order valence-corrected chi connectivity index (χ1v) is 17.0. The molecule has 9 heteroatoms. The molecule has 242 valence electrons. The molecule has 46 heavy (non-hydrogen) atoms. The number of aryl methyl sites for hydroxylation is 2. The summed E-state index contributed by atoms with van der Waals surface area (Å²) >= 11 is 0. The zero-order valence-corrected chi connectivity index (χ0v) is 28.0. The molecular formula is C37H43N3O5S. The highest BCUT2D eigenvalue weighted by Gasteiger charge is 2.34. The first kappa shape index (κ1) is 34.2. The van der Waals surface area contributed by atoms with Crippen LogP contribution >= 0.6 is 0 Å². The number of hydrogen-bond donors (Lipinski definition) is 1. The Morgan fingerprint density at radius 3 is 1.89 bits per heavy atom. The van der Waals surface area contributed by atoms with Crippen LogP contribution in [0.1, 0.15) is 50.3 Å². The van der Waals surface area contributed by atoms with E-state index in [1.54, 1.807) is 36.4 Å². The summed E-state index contributed by atoms with van der Waals surface area (Å²) < 4.78 is 35.4. The van der Waals surface area contributed by atoms with Crippen molar-refractivity contribution in [2.24, 2.45) is 0 Å². The summed E-state index contributed by atoms with van der Waals surface area (Å²) in [6, 6.07) is 29.2. The molecule has 0 saturated carbocycles. The van der Waals surface area contributed by atoms with Crippen molar-refractivity contribution in [3.63, 3.8) is 0 Å². The van der Waals surface area contributed by atoms with Gasteiger partial charge in [0.05, 0.1) is 10.6 Å². The van der Waals surface area contributed by atoms with Crippen molar-refractivity contribution >= 4 is 27.5 Å². The normalized spacial score (nSPS) is 12.5. The SMILES string of the molecule is CC[C@H](C(=O)N[C@@H](C)CC)N(Cc1ccc(C)cc1)C(=O)CN(c1ccc(Oc2ccccc2)cc1)S(=O)(=O)c1ccc(C)cc1. The number of benzene rings is 4. The van der Waals surface area contributed by atoms with Gasteiger partial charge >= 0.3 is 0 Å². The van der Waals surface area contributed by atoms with Gasteiger partial charge in [-0.3, -0.25) is 13.9 Å². The molecule has 8 nitrogen and oxygen atoms in total. The van der Waals surface area contributed by atoms with Gasteiger partial charge in [-0.05, 0) is 87.7 Å². The standard InChI is InChI=1S/C37H43N3O5S/c1-6-29(5)38-37(42)35(7-2)39(25-30-17-13-27(3)14-18-30)36(41)26-40(46(43,44)34-23-15-28(4)16-24-34)31-19-21-33(22-20-31)45-32-11-9-8-10-12-32/h8-24,29,35H,6-7,25-26H2,1-5H3,(H,38,42)/t29-,35+/m0/s1. The molecule has 1 N–H and O–H groups in total. The molecule has 0 aromatic heterocycles. The number of ether oxygens (including phenoxy) is 1. The highest BCUT2D eigenvalue weighted by atomic mass is 32.2. The fourth-order valence-corrected chi connectivity index (χ4v) is 6.34. The average Bonchev–Trinajstić information content (AvgIpc) is 3.05. The first-order valence-electron chi connectivity index (χ1n) is 15.6. The van der Waals surface area contributed by atoms with Crippen molar-refractivity contribution < 1.29 is 22.7 Å². The van der Waals surface area contributed by atoms with Gasteiger partial charge in [0.25, 0.3) is 10.0 Å². The molecule has 2 atom stereocenters. The first-order chi connectivity index (χ1) is 22.0. The second-order valence-electron chi connectivity index (χ2n) is 11.5. The van der Waals surface area contributed by atoms with Crippen molar-refractivity contribution in [1.82, 2.24) is 10.2 Å². The van der Waals surface area contributed by atoms with Crippen molar-refractivity contribution in [3.05, 3.63) is 120 Å². The van der Waals surface area contributed by atoms with Gasteiger partial charge in [-0.1, -0.05) is 79.6 Å². The molecule has 0 radical (unpaired) electrons. The van der Waals surface area contributed by atoms with E-state index in [4.69, 9.17) is 4.74 Å². The molecule has 0 bridgehead atoms. The van der Waals surface area contributed by atoms with Crippen molar-refractivity contribution in [3.8, 4) is 11.5 Å². The molecule has 0 unspecified atom stereocenters. The largest absolute Gasteiger partial charge is 0.457 e. The summed E-state index contributed by atoms with van der Waals surface area (Å²) in [5.74, 6) is 0.394. The maximum Gasteiger partial charge on any atom is 0.264 e. The van der Waals surface area contributed by atoms with Crippen LogP contribution in [-0.4, -0.2) is 43.8 Å². The number of carbonyl (C=O) groups excluding carboxylic acids is 2. The molecule has 4 aromatic carbocycles. The van der Waals surface area contributed by atoms with Crippen molar-refractivity contribution in [2.45, 2.75) is 71.0 Å². The van der Waals surface area contributed by atoms with E-state index in [1.165, 1.54) is 17.0 Å². The van der Waals surface area contributed by atoms with Crippen LogP contribution in [0.3, 0.4) is 0 Å². The lowest BCUT2D eigenvalue weighted by Gasteiger charge is -2.33. The Balaban J connectivity index is 1.72. The van der Waals surface area contributed by atoms with Crippen molar-refractivity contribution in [1.29, 1.82) is 0 Å². The van der Waals surface area contributed by atoms with E-state index in [-0.39, 0.29) is 23.4 Å². The van der Waals surface area contributed by atoms with Gasteiger partial charge in [0.2, 0.25) is 11.8 Å². The lowest BCUT2D eigenvalue weighted by Crippen LogP contribution is -2.53. The quantitative estimate of drug-likeness (QED) is 0.160. The second-order valence-corrected chi connectivity index (χ2v) is 13.3. The lowest BCUT2D eigenvalue weighted by molar-refractivity contribution is -0.140. The second kappa shape index (κ2) is 15.6. The molecule has 2 amide bonds. The van der Waals surface area contributed by atoms with E-state index in [2.05, 4.69) is 5.32 Å². The maximum absolute atomic E-state index is 14.3. The van der Waals surface area contributed by atoms with Gasteiger partial charge in [0, 0.05) is 12.6 Å². The summed E-state index contributed by atoms with van der Waals surface area (Å²) in [7, 11) is -4.18. The lowest BCUT2D eigenvalue weighted by atomic mass is 10.1. The average molecular weight is 642 g/mol. The van der Waals surface area contributed by atoms with Crippen LogP contribution in [0.2, 0.25) is 0 Å². The number of amides is 2. The minimum absolute atomic E-state index is 0.0575. The Hall–Kier alpha value is -4.63. The van der Waals surface area contributed by atoms with E-state index in [1.807, 2.05) is 89.2 Å². The molecular weight excluding hydrogens is 598 g/mol. The molecule has 4 rings (SSSR count). The number of nitrogens with one attached hydrogen (secondary N) is 1. The molecule has 0 spiro atoms. The summed E-state index contributed by atoms with van der Waals surface area (Å²) in [6.07, 6.45) is 1.09. The molecule has 0 aliphatic rings. The Morgan fingerprint density at radius 1 is 0.761 bits per heavy atom. The highest BCUT2D eigenvalue weighted by molar-refractivity contribution is 7.92. The van der Waals surface area contributed by atoms with Crippen LogP contribution in [0, 0.1) is 13.8 Å². The van der Waals surface area contributed by atoms with Crippen molar-refractivity contribution in [2.75, 3.05) is 10.8 Å². The molecule has 0 aliphatic carbocycles. The fourth-order valence-electron chi connectivity index (χ4n) is 4.92. The van der Waals surface area contributed by atoms with Gasteiger partial charge < -0.3 is 15.0 Å². The highest BCUT2D eigenvalue weighted by Crippen LogP contribution is 2.29. The van der Waals surface area contributed by atoms with Crippen LogP contribution in [0.25, 0.3) is 0 Å². The maximum atomic E-state index is 14.3. The number of para-hydroxylation sites is 1. The number of carbonyl (C=O) groups is 2. The third-order valence-electron chi connectivity index (χ3n) is 7.85. The van der Waals surface area contributed by atoms with E-state index < -0.39 is 28.5 Å². The summed E-state index contributed by atoms with van der Waals surface area (Å²) in [4.78, 5) is 29.3. The van der Waals surface area contributed by atoms with Gasteiger partial charge in [-0.25, -0.2) is 8.42 Å². The van der Waals surface area contributed by atoms with Crippen LogP contribution in [0.15, 0.2) is 108 Å². The predicted octanol–water partition coefficient (Wildman–Crippen LogP) is 7.01. The zero-order valence-electron chi connectivity index (χ0n) is 27.1. The summed E-state index contributed by atoms with van der Waals surface area (Å²) in [5.41, 5.74) is 3.11. The topological polar surface area (TPSA) is 96.0 Å². The smallest absolute Gasteiger partial charge is 0.264 e. The van der Waals surface area contributed by atoms with E-state index in [9.17, 15) is 18.0 Å². The monoisotopic (exact) mass is 641 g/mol. The Morgan fingerprint density at radius 2 is 1.33 bits per heavy atom. The van der Waals surface area contributed by atoms with Crippen LogP contribution in [0.4, 0.5) is 5.69 Å². The van der Waals surface area contributed by atoms with Gasteiger partial charge in [0.15, 0.2) is 0 Å². The number of sulfonamides is 1. The number of rotatable bonds is 14. The van der Waals surface area contributed by atoms with Crippen LogP contribution in [0.5, 0.6) is 11.5 Å². The molecule has 0 fully saturated rings. The predicted molar refractivity (Wildman–Crippen MR) is 182 cm³/mol. The van der Waals surface area contributed by atoms with Crippen LogP contribution < -0.4 is 14.4 Å². The Kier molecular flexibility index (Phi) is 11.6. The fraction of sp³-hybridized carbons (Fsp3) is 0.297. The molecule has 0 aliphatic heterocycles. The molecule has 4 aromatic rings. The van der Waals surface area contributed by atoms with Crippen LogP contribution in [-0.2, 0) is 26.2 Å². The number of hydrogen-bond acceptors (Lipinski definition) is 5.